The van der Waals surface area contributed by atoms with Crippen LogP contribution in [0.25, 0.3) is 122 Å². The van der Waals surface area contributed by atoms with Crippen LogP contribution in [0.4, 0.5) is 0 Å². The summed E-state index contributed by atoms with van der Waals surface area (Å²) in [6.45, 7) is 0. The lowest BCUT2D eigenvalue weighted by Crippen LogP contribution is -2.04. The second-order valence-corrected chi connectivity index (χ2v) is 16.6. The molecule has 0 aliphatic heterocycles. The first-order chi connectivity index (χ1) is 31.7. The highest BCUT2D eigenvalue weighted by Gasteiger charge is 2.23. The molecule has 0 aliphatic rings. The minimum Gasteiger partial charge on any atom is -0.309 e. The van der Waals surface area contributed by atoms with E-state index in [1.165, 1.54) is 49.3 Å². The molecular weight excluding hydrogens is 777 g/mol. The van der Waals surface area contributed by atoms with Gasteiger partial charge in [-0.1, -0.05) is 188 Å². The van der Waals surface area contributed by atoms with Gasteiger partial charge in [-0.15, -0.1) is 0 Å². The van der Waals surface area contributed by atoms with Gasteiger partial charge in [0.05, 0.1) is 33.3 Å². The summed E-state index contributed by atoms with van der Waals surface area (Å²) >= 11 is 0. The molecule has 3 aromatic heterocycles. The minimum absolute atomic E-state index is 0.636. The SMILES string of the molecule is c1ccc(-c2ccc(-c3nc(-n4c5ccccc5c5cc6ccccc6c(-c6ccc7c8ccccc8n(-c8ccc(-c9ccccc9)cc8)c7c6)c54)nc4ccccc34)cc2)cc1. The molecule has 3 heterocycles. The van der Waals surface area contributed by atoms with Crippen LogP contribution in [-0.4, -0.2) is 19.1 Å². The van der Waals surface area contributed by atoms with Crippen molar-refractivity contribution in [3.63, 3.8) is 0 Å². The predicted molar refractivity (Wildman–Crippen MR) is 267 cm³/mol. The van der Waals surface area contributed by atoms with Gasteiger partial charge in [0.25, 0.3) is 0 Å². The summed E-state index contributed by atoms with van der Waals surface area (Å²) in [7, 11) is 0. The Balaban J connectivity index is 1.08. The molecule has 0 fully saturated rings. The van der Waals surface area contributed by atoms with Gasteiger partial charge in [0, 0.05) is 43.7 Å². The van der Waals surface area contributed by atoms with Crippen molar-refractivity contribution in [2.45, 2.75) is 0 Å². The number of aromatic nitrogens is 4. The normalized spacial score (nSPS) is 11.8. The highest BCUT2D eigenvalue weighted by atomic mass is 15.2. The molecule has 10 aromatic carbocycles. The lowest BCUT2D eigenvalue weighted by atomic mass is 9.94. The third-order valence-electron chi connectivity index (χ3n) is 12.9. The van der Waals surface area contributed by atoms with Gasteiger partial charge in [0.2, 0.25) is 5.95 Å². The molecule has 0 radical (unpaired) electrons. The van der Waals surface area contributed by atoms with E-state index >= 15 is 0 Å². The molecule has 4 heteroatoms. The molecular formula is C60H38N4. The van der Waals surface area contributed by atoms with Crippen LogP contribution < -0.4 is 0 Å². The first kappa shape index (κ1) is 36.1. The summed E-state index contributed by atoms with van der Waals surface area (Å²) in [5, 5.41) is 8.12. The summed E-state index contributed by atoms with van der Waals surface area (Å²) in [6.07, 6.45) is 0. The number of hydrogen-bond acceptors (Lipinski definition) is 2. The summed E-state index contributed by atoms with van der Waals surface area (Å²) in [5.74, 6) is 0.636. The Morgan fingerprint density at radius 2 is 0.797 bits per heavy atom. The van der Waals surface area contributed by atoms with Gasteiger partial charge in [-0.3, -0.25) is 4.57 Å². The molecule has 0 saturated carbocycles. The van der Waals surface area contributed by atoms with Crippen molar-refractivity contribution in [2.75, 3.05) is 0 Å². The number of para-hydroxylation sites is 3. The van der Waals surface area contributed by atoms with Gasteiger partial charge in [0.1, 0.15) is 0 Å². The highest BCUT2D eigenvalue weighted by Crippen LogP contribution is 2.44. The Morgan fingerprint density at radius 3 is 1.50 bits per heavy atom. The fourth-order valence-corrected chi connectivity index (χ4v) is 9.96. The van der Waals surface area contributed by atoms with E-state index in [0.29, 0.717) is 5.95 Å². The first-order valence-electron chi connectivity index (χ1n) is 21.8. The lowest BCUT2D eigenvalue weighted by Gasteiger charge is -2.16. The van der Waals surface area contributed by atoms with Crippen molar-refractivity contribution in [3.05, 3.63) is 231 Å². The molecule has 13 aromatic rings. The lowest BCUT2D eigenvalue weighted by molar-refractivity contribution is 1.01. The molecule has 298 valence electrons. The Kier molecular flexibility index (Phi) is 8.18. The molecule has 0 aliphatic carbocycles. The fourth-order valence-electron chi connectivity index (χ4n) is 9.96. The van der Waals surface area contributed by atoms with Crippen molar-refractivity contribution in [3.8, 4) is 56.3 Å². The van der Waals surface area contributed by atoms with Crippen molar-refractivity contribution in [1.29, 1.82) is 0 Å². The third kappa shape index (κ3) is 5.70. The number of benzene rings is 10. The van der Waals surface area contributed by atoms with Crippen LogP contribution in [-0.2, 0) is 0 Å². The summed E-state index contributed by atoms with van der Waals surface area (Å²) < 4.78 is 4.73. The largest absolute Gasteiger partial charge is 0.309 e. The topological polar surface area (TPSA) is 35.6 Å². The molecule has 0 amide bonds. The zero-order valence-corrected chi connectivity index (χ0v) is 34.7. The van der Waals surface area contributed by atoms with E-state index in [0.717, 1.165) is 66.3 Å². The van der Waals surface area contributed by atoms with Crippen LogP contribution in [0.3, 0.4) is 0 Å². The van der Waals surface area contributed by atoms with Gasteiger partial charge in [-0.25, -0.2) is 9.97 Å². The number of nitrogens with zero attached hydrogens (tertiary/aromatic N) is 4. The monoisotopic (exact) mass is 814 g/mol. The maximum absolute atomic E-state index is 5.54. The standard InChI is InChI=1S/C60H38N4/c1-3-15-39(16-4-1)41-27-29-43(30-28-41)58-51-23-9-12-24-53(51)61-60(62-58)64-55-26-14-11-22-49(55)52-37-44-19-7-8-20-47(44)57(59(52)64)45-33-36-50-48-21-10-13-25-54(48)63(56(50)38-45)46-34-31-42(32-35-46)40-17-5-2-6-18-40/h1-38H. The van der Waals surface area contributed by atoms with Gasteiger partial charge >= 0.3 is 0 Å². The Bertz CT molecular complexity index is 3920. The quantitative estimate of drug-likeness (QED) is 0.168. The zero-order chi connectivity index (χ0) is 42.1. The molecule has 0 bridgehead atoms. The number of rotatable bonds is 6. The molecule has 0 atom stereocenters. The van der Waals surface area contributed by atoms with Crippen molar-refractivity contribution in [2.24, 2.45) is 0 Å². The average Bonchev–Trinajstić information content (AvgIpc) is 3.88. The molecule has 0 saturated heterocycles. The van der Waals surface area contributed by atoms with Crippen LogP contribution in [0.5, 0.6) is 0 Å². The number of fused-ring (bicyclic) bond motifs is 8. The molecule has 0 spiro atoms. The smallest absolute Gasteiger partial charge is 0.235 e. The van der Waals surface area contributed by atoms with Crippen molar-refractivity contribution in [1.82, 2.24) is 19.1 Å². The molecule has 4 nitrogen and oxygen atoms in total. The second-order valence-electron chi connectivity index (χ2n) is 16.6. The first-order valence-corrected chi connectivity index (χ1v) is 21.8. The van der Waals surface area contributed by atoms with E-state index in [1.54, 1.807) is 0 Å². The van der Waals surface area contributed by atoms with E-state index in [-0.39, 0.29) is 0 Å². The third-order valence-corrected chi connectivity index (χ3v) is 12.9. The van der Waals surface area contributed by atoms with Crippen LogP contribution in [0, 0.1) is 0 Å². The summed E-state index contributed by atoms with van der Waals surface area (Å²) in [5.41, 5.74) is 15.4. The highest BCUT2D eigenvalue weighted by molar-refractivity contribution is 6.22. The van der Waals surface area contributed by atoms with Gasteiger partial charge in [0.15, 0.2) is 0 Å². The van der Waals surface area contributed by atoms with Crippen LogP contribution >= 0.6 is 0 Å². The van der Waals surface area contributed by atoms with Gasteiger partial charge in [-0.05, 0) is 81.1 Å². The van der Waals surface area contributed by atoms with Crippen molar-refractivity contribution >= 4 is 65.3 Å². The summed E-state index contributed by atoms with van der Waals surface area (Å²) in [6, 6.07) is 82.8. The Morgan fingerprint density at radius 1 is 0.297 bits per heavy atom. The predicted octanol–water partition coefficient (Wildman–Crippen LogP) is 15.6. The molecule has 0 unspecified atom stereocenters. The second kappa shape index (κ2) is 14.5. The average molecular weight is 815 g/mol. The minimum atomic E-state index is 0.636. The molecule has 64 heavy (non-hydrogen) atoms. The Labute approximate surface area is 369 Å². The fraction of sp³-hybridized carbons (Fsp3) is 0. The van der Waals surface area contributed by atoms with E-state index in [9.17, 15) is 0 Å². The van der Waals surface area contributed by atoms with Crippen LogP contribution in [0.2, 0.25) is 0 Å². The van der Waals surface area contributed by atoms with Crippen LogP contribution in [0.1, 0.15) is 0 Å². The Hall–Kier alpha value is -8.60. The maximum Gasteiger partial charge on any atom is 0.235 e. The molecule has 13 rings (SSSR count). The van der Waals surface area contributed by atoms with Crippen LogP contribution in [0.15, 0.2) is 231 Å². The zero-order valence-electron chi connectivity index (χ0n) is 34.7. The summed E-state index contributed by atoms with van der Waals surface area (Å²) in [4.78, 5) is 10.9. The van der Waals surface area contributed by atoms with Gasteiger partial charge in [-0.2, -0.15) is 0 Å². The van der Waals surface area contributed by atoms with Crippen molar-refractivity contribution < 1.29 is 0 Å². The molecule has 0 N–H and O–H groups in total. The van der Waals surface area contributed by atoms with E-state index in [4.69, 9.17) is 9.97 Å². The number of hydrogen-bond donors (Lipinski definition) is 0. The van der Waals surface area contributed by atoms with E-state index < -0.39 is 0 Å². The van der Waals surface area contributed by atoms with E-state index in [2.05, 4.69) is 240 Å². The van der Waals surface area contributed by atoms with Gasteiger partial charge < -0.3 is 4.57 Å². The van der Waals surface area contributed by atoms with E-state index in [1.807, 2.05) is 0 Å². The maximum atomic E-state index is 5.54.